The van der Waals surface area contributed by atoms with Crippen LogP contribution in [0.2, 0.25) is 0 Å². The van der Waals surface area contributed by atoms with E-state index in [2.05, 4.69) is 29.8 Å². The van der Waals surface area contributed by atoms with Gasteiger partial charge in [-0.15, -0.1) is 0 Å². The Kier molecular flexibility index (Phi) is 2.96. The molecule has 1 heterocycles. The molecule has 2 N–H and O–H groups in total. The molecule has 0 amide bonds. The number of aromatic nitrogens is 2. The highest BCUT2D eigenvalue weighted by Crippen LogP contribution is 2.42. The second-order valence-corrected chi connectivity index (χ2v) is 5.70. The summed E-state index contributed by atoms with van der Waals surface area (Å²) in [6, 6.07) is 6.17. The standard InChI is InChI=1S/C16H21N3O/c1-4-18-15(12-7-8-12)14(17)16(20)19(18)13-9-10(2)5-6-11(13)3/h5-6,9,12H,4,7-8,17H2,1-3H3. The van der Waals surface area contributed by atoms with Gasteiger partial charge >= 0.3 is 0 Å². The molecule has 0 saturated heterocycles. The lowest BCUT2D eigenvalue weighted by Crippen LogP contribution is -2.23. The normalized spacial score (nSPS) is 14.8. The predicted molar refractivity (Wildman–Crippen MR) is 81.6 cm³/mol. The number of rotatable bonds is 3. The zero-order valence-corrected chi connectivity index (χ0v) is 12.3. The molecule has 0 aliphatic heterocycles. The molecule has 0 spiro atoms. The summed E-state index contributed by atoms with van der Waals surface area (Å²) in [4.78, 5) is 12.6. The minimum Gasteiger partial charge on any atom is -0.393 e. The van der Waals surface area contributed by atoms with Crippen molar-refractivity contribution in [2.75, 3.05) is 5.73 Å². The molecule has 0 bridgehead atoms. The number of hydrogen-bond acceptors (Lipinski definition) is 2. The lowest BCUT2D eigenvalue weighted by molar-refractivity contribution is 0.547. The molecule has 1 saturated carbocycles. The maximum Gasteiger partial charge on any atom is 0.294 e. The van der Waals surface area contributed by atoms with Crippen molar-refractivity contribution in [3.8, 4) is 5.69 Å². The van der Waals surface area contributed by atoms with Gasteiger partial charge in [-0.1, -0.05) is 12.1 Å². The smallest absolute Gasteiger partial charge is 0.294 e. The van der Waals surface area contributed by atoms with Crippen molar-refractivity contribution in [2.45, 2.75) is 46.1 Å². The number of hydrogen-bond donors (Lipinski definition) is 1. The molecule has 0 unspecified atom stereocenters. The molecule has 1 aromatic carbocycles. The maximum absolute atomic E-state index is 12.6. The van der Waals surface area contributed by atoms with Gasteiger partial charge in [-0.2, -0.15) is 0 Å². The van der Waals surface area contributed by atoms with Crippen molar-refractivity contribution in [3.63, 3.8) is 0 Å². The van der Waals surface area contributed by atoms with Gasteiger partial charge in [0.2, 0.25) is 0 Å². The van der Waals surface area contributed by atoms with E-state index in [4.69, 9.17) is 5.73 Å². The zero-order chi connectivity index (χ0) is 14.4. The van der Waals surface area contributed by atoms with Crippen molar-refractivity contribution >= 4 is 5.69 Å². The van der Waals surface area contributed by atoms with Gasteiger partial charge in [0.25, 0.3) is 5.56 Å². The average molecular weight is 271 g/mol. The Morgan fingerprint density at radius 2 is 2.00 bits per heavy atom. The quantitative estimate of drug-likeness (QED) is 0.933. The summed E-state index contributed by atoms with van der Waals surface area (Å²) >= 11 is 0. The fourth-order valence-corrected chi connectivity index (χ4v) is 2.87. The maximum atomic E-state index is 12.6. The fraction of sp³-hybridized carbons (Fsp3) is 0.438. The zero-order valence-electron chi connectivity index (χ0n) is 12.3. The SMILES string of the molecule is CCn1c(C2CC2)c(N)c(=O)n1-c1cc(C)ccc1C. The Balaban J connectivity index is 2.31. The van der Waals surface area contributed by atoms with Crippen molar-refractivity contribution in [3.05, 3.63) is 45.4 Å². The molecule has 2 aromatic rings. The minimum absolute atomic E-state index is 0.0811. The topological polar surface area (TPSA) is 52.9 Å². The molecule has 3 rings (SSSR count). The number of nitrogens with two attached hydrogens (primary N) is 1. The van der Waals surface area contributed by atoms with Gasteiger partial charge in [0.05, 0.1) is 11.4 Å². The summed E-state index contributed by atoms with van der Waals surface area (Å²) in [6.45, 7) is 6.89. The molecular formula is C16H21N3O. The molecule has 106 valence electrons. The molecule has 4 nitrogen and oxygen atoms in total. The molecule has 20 heavy (non-hydrogen) atoms. The van der Waals surface area contributed by atoms with E-state index in [-0.39, 0.29) is 5.56 Å². The largest absolute Gasteiger partial charge is 0.393 e. The van der Waals surface area contributed by atoms with Crippen LogP contribution in [0.3, 0.4) is 0 Å². The van der Waals surface area contributed by atoms with E-state index in [0.717, 1.165) is 41.9 Å². The fourth-order valence-electron chi connectivity index (χ4n) is 2.87. The number of anilines is 1. The third-order valence-electron chi connectivity index (χ3n) is 4.07. The molecule has 1 aliphatic carbocycles. The van der Waals surface area contributed by atoms with Gasteiger partial charge < -0.3 is 5.73 Å². The summed E-state index contributed by atoms with van der Waals surface area (Å²) in [5.41, 5.74) is 10.6. The van der Waals surface area contributed by atoms with Crippen molar-refractivity contribution < 1.29 is 0 Å². The number of nitrogen functional groups attached to an aromatic ring is 1. The van der Waals surface area contributed by atoms with Crippen molar-refractivity contribution in [1.82, 2.24) is 9.36 Å². The first-order chi connectivity index (χ1) is 9.54. The van der Waals surface area contributed by atoms with Crippen LogP contribution in [0.25, 0.3) is 5.69 Å². The Hall–Kier alpha value is -1.97. The summed E-state index contributed by atoms with van der Waals surface area (Å²) in [5.74, 6) is 0.467. The Morgan fingerprint density at radius 3 is 2.60 bits per heavy atom. The lowest BCUT2D eigenvalue weighted by atomic mass is 10.1. The third kappa shape index (κ3) is 1.87. The predicted octanol–water partition coefficient (Wildman–Crippen LogP) is 2.74. The highest BCUT2D eigenvalue weighted by molar-refractivity contribution is 5.51. The van der Waals surface area contributed by atoms with Crippen molar-refractivity contribution in [2.24, 2.45) is 0 Å². The van der Waals surface area contributed by atoms with Gasteiger partial charge in [0.1, 0.15) is 5.69 Å². The van der Waals surface area contributed by atoms with Gasteiger partial charge in [0, 0.05) is 12.5 Å². The van der Waals surface area contributed by atoms with Crippen LogP contribution < -0.4 is 11.3 Å². The summed E-state index contributed by atoms with van der Waals surface area (Å²) in [6.07, 6.45) is 2.28. The molecule has 1 fully saturated rings. The minimum atomic E-state index is -0.0811. The van der Waals surface area contributed by atoms with Crippen LogP contribution in [0.1, 0.15) is 42.5 Å². The lowest BCUT2D eigenvalue weighted by Gasteiger charge is -2.15. The first-order valence-electron chi connectivity index (χ1n) is 7.23. The summed E-state index contributed by atoms with van der Waals surface area (Å²) < 4.78 is 3.81. The Morgan fingerprint density at radius 1 is 1.30 bits per heavy atom. The monoisotopic (exact) mass is 271 g/mol. The number of aryl methyl sites for hydroxylation is 2. The second kappa shape index (κ2) is 4.54. The average Bonchev–Trinajstić information content (AvgIpc) is 3.22. The van der Waals surface area contributed by atoms with E-state index in [9.17, 15) is 4.79 Å². The molecule has 0 atom stereocenters. The van der Waals surface area contributed by atoms with Gasteiger partial charge in [-0.05, 0) is 50.8 Å². The number of benzene rings is 1. The van der Waals surface area contributed by atoms with Crippen LogP contribution in [0, 0.1) is 13.8 Å². The van der Waals surface area contributed by atoms with E-state index < -0.39 is 0 Å². The number of nitrogens with zero attached hydrogens (tertiary/aromatic N) is 2. The highest BCUT2D eigenvalue weighted by Gasteiger charge is 2.32. The van der Waals surface area contributed by atoms with Crippen LogP contribution in [0.4, 0.5) is 5.69 Å². The van der Waals surface area contributed by atoms with Gasteiger partial charge in [-0.25, -0.2) is 4.68 Å². The second-order valence-electron chi connectivity index (χ2n) is 5.70. The highest BCUT2D eigenvalue weighted by atomic mass is 16.1. The van der Waals surface area contributed by atoms with Crippen LogP contribution in [0.15, 0.2) is 23.0 Å². The van der Waals surface area contributed by atoms with Crippen LogP contribution in [-0.4, -0.2) is 9.36 Å². The van der Waals surface area contributed by atoms with E-state index >= 15 is 0 Å². The molecule has 1 aliphatic rings. The van der Waals surface area contributed by atoms with Crippen LogP contribution >= 0.6 is 0 Å². The van der Waals surface area contributed by atoms with E-state index in [1.807, 2.05) is 13.8 Å². The third-order valence-corrected chi connectivity index (χ3v) is 4.07. The molecular weight excluding hydrogens is 250 g/mol. The molecule has 0 radical (unpaired) electrons. The van der Waals surface area contributed by atoms with E-state index in [1.165, 1.54) is 0 Å². The Labute approximate surface area is 118 Å². The van der Waals surface area contributed by atoms with E-state index in [1.54, 1.807) is 4.68 Å². The van der Waals surface area contributed by atoms with Gasteiger partial charge in [0.15, 0.2) is 0 Å². The first-order valence-corrected chi connectivity index (χ1v) is 7.23. The van der Waals surface area contributed by atoms with Crippen LogP contribution in [0.5, 0.6) is 0 Å². The van der Waals surface area contributed by atoms with Gasteiger partial charge in [-0.3, -0.25) is 9.48 Å². The molecule has 1 aromatic heterocycles. The van der Waals surface area contributed by atoms with Crippen molar-refractivity contribution in [1.29, 1.82) is 0 Å². The van der Waals surface area contributed by atoms with E-state index in [0.29, 0.717) is 11.6 Å². The summed E-state index contributed by atoms with van der Waals surface area (Å²) in [7, 11) is 0. The van der Waals surface area contributed by atoms with Crippen LogP contribution in [-0.2, 0) is 6.54 Å². The summed E-state index contributed by atoms with van der Waals surface area (Å²) in [5, 5.41) is 0. The Bertz CT molecular complexity index is 720. The first kappa shape index (κ1) is 13.0. The molecule has 4 heteroatoms.